The highest BCUT2D eigenvalue weighted by molar-refractivity contribution is 7.99. The molecule has 88 valence electrons. The lowest BCUT2D eigenvalue weighted by molar-refractivity contribution is 0.674. The third kappa shape index (κ3) is 5.38. The number of nitrogens with one attached hydrogen (secondary N) is 1. The van der Waals surface area contributed by atoms with Gasteiger partial charge in [0.05, 0.1) is 0 Å². The molecule has 0 atom stereocenters. The first kappa shape index (κ1) is 13.3. The predicted molar refractivity (Wildman–Crippen MR) is 74.0 cm³/mol. The van der Waals surface area contributed by atoms with Crippen molar-refractivity contribution in [2.45, 2.75) is 31.7 Å². The summed E-state index contributed by atoms with van der Waals surface area (Å²) in [5, 5.41) is 3.42. The fourth-order valence-corrected chi connectivity index (χ4v) is 2.18. The summed E-state index contributed by atoms with van der Waals surface area (Å²) in [6.45, 7) is 10.2. The largest absolute Gasteiger partial charge is 0.313 e. The van der Waals surface area contributed by atoms with Crippen molar-refractivity contribution in [2.75, 3.05) is 12.3 Å². The molecule has 0 radical (unpaired) electrons. The topological polar surface area (TPSA) is 12.0 Å². The zero-order valence-electron chi connectivity index (χ0n) is 10.3. The molecule has 0 saturated carbocycles. The summed E-state index contributed by atoms with van der Waals surface area (Å²) in [4.78, 5) is 1.33. The van der Waals surface area contributed by atoms with Crippen molar-refractivity contribution in [3.8, 4) is 0 Å². The Hall–Kier alpha value is -0.730. The SMILES string of the molecule is C=C(C)CSc1cccc(CNCCC)c1. The molecule has 1 N–H and O–H groups in total. The maximum absolute atomic E-state index is 3.92. The van der Waals surface area contributed by atoms with Crippen molar-refractivity contribution in [3.63, 3.8) is 0 Å². The summed E-state index contributed by atoms with van der Waals surface area (Å²) in [5.41, 5.74) is 2.58. The van der Waals surface area contributed by atoms with Crippen molar-refractivity contribution in [3.05, 3.63) is 42.0 Å². The number of rotatable bonds is 7. The maximum atomic E-state index is 3.92. The van der Waals surface area contributed by atoms with Crippen LogP contribution in [0.15, 0.2) is 41.3 Å². The van der Waals surface area contributed by atoms with E-state index in [4.69, 9.17) is 0 Å². The van der Waals surface area contributed by atoms with E-state index in [9.17, 15) is 0 Å². The molecule has 0 unspecified atom stereocenters. The lowest BCUT2D eigenvalue weighted by atomic mass is 10.2. The average molecular weight is 235 g/mol. The molecule has 1 rings (SSSR count). The van der Waals surface area contributed by atoms with E-state index in [0.717, 1.165) is 18.8 Å². The van der Waals surface area contributed by atoms with Gasteiger partial charge < -0.3 is 5.32 Å². The van der Waals surface area contributed by atoms with Crippen molar-refractivity contribution in [2.24, 2.45) is 0 Å². The summed E-state index contributed by atoms with van der Waals surface area (Å²) in [6.07, 6.45) is 1.18. The van der Waals surface area contributed by atoms with Gasteiger partial charge in [0.1, 0.15) is 0 Å². The summed E-state index contributed by atoms with van der Waals surface area (Å²) >= 11 is 1.85. The van der Waals surface area contributed by atoms with E-state index in [1.54, 1.807) is 0 Å². The Balaban J connectivity index is 2.46. The van der Waals surface area contributed by atoms with Crippen molar-refractivity contribution in [1.82, 2.24) is 5.32 Å². The van der Waals surface area contributed by atoms with Gasteiger partial charge in [-0.25, -0.2) is 0 Å². The van der Waals surface area contributed by atoms with E-state index in [-0.39, 0.29) is 0 Å². The van der Waals surface area contributed by atoms with Crippen LogP contribution in [-0.4, -0.2) is 12.3 Å². The van der Waals surface area contributed by atoms with Gasteiger partial charge >= 0.3 is 0 Å². The van der Waals surface area contributed by atoms with Gasteiger partial charge in [-0.3, -0.25) is 0 Å². The predicted octanol–water partition coefficient (Wildman–Crippen LogP) is 3.85. The molecule has 2 heteroatoms. The molecule has 1 aromatic carbocycles. The van der Waals surface area contributed by atoms with Crippen LogP contribution in [-0.2, 0) is 6.54 Å². The molecule has 0 aromatic heterocycles. The normalized spacial score (nSPS) is 10.4. The second-order valence-electron chi connectivity index (χ2n) is 4.07. The Morgan fingerprint density at radius 2 is 2.25 bits per heavy atom. The van der Waals surface area contributed by atoms with Gasteiger partial charge in [0.15, 0.2) is 0 Å². The minimum absolute atomic E-state index is 0.968. The van der Waals surface area contributed by atoms with E-state index in [2.05, 4.69) is 50.0 Å². The van der Waals surface area contributed by atoms with Gasteiger partial charge in [-0.15, -0.1) is 11.8 Å². The molecule has 0 bridgehead atoms. The molecule has 0 heterocycles. The van der Waals surface area contributed by atoms with Crippen LogP contribution in [0, 0.1) is 0 Å². The zero-order valence-corrected chi connectivity index (χ0v) is 11.1. The number of hydrogen-bond donors (Lipinski definition) is 1. The Morgan fingerprint density at radius 3 is 2.94 bits per heavy atom. The van der Waals surface area contributed by atoms with E-state index < -0.39 is 0 Å². The Kier molecular flexibility index (Phi) is 6.27. The quantitative estimate of drug-likeness (QED) is 0.437. The highest BCUT2D eigenvalue weighted by Crippen LogP contribution is 2.20. The first-order chi connectivity index (χ1) is 7.72. The van der Waals surface area contributed by atoms with Crippen molar-refractivity contribution in [1.29, 1.82) is 0 Å². The van der Waals surface area contributed by atoms with Crippen LogP contribution in [0.4, 0.5) is 0 Å². The molecular weight excluding hydrogens is 214 g/mol. The summed E-state index contributed by atoms with van der Waals surface area (Å²) in [5.74, 6) is 1.01. The average Bonchev–Trinajstić information content (AvgIpc) is 2.27. The molecule has 0 aliphatic carbocycles. The van der Waals surface area contributed by atoms with Gasteiger partial charge in [0.2, 0.25) is 0 Å². The molecule has 0 aliphatic rings. The van der Waals surface area contributed by atoms with Crippen LogP contribution in [0.2, 0.25) is 0 Å². The van der Waals surface area contributed by atoms with Gasteiger partial charge in [-0.1, -0.05) is 31.2 Å². The van der Waals surface area contributed by atoms with E-state index in [1.807, 2.05) is 11.8 Å². The summed E-state index contributed by atoms with van der Waals surface area (Å²) in [7, 11) is 0. The second-order valence-corrected chi connectivity index (χ2v) is 5.12. The monoisotopic (exact) mass is 235 g/mol. The summed E-state index contributed by atoms with van der Waals surface area (Å²) in [6, 6.07) is 8.73. The maximum Gasteiger partial charge on any atom is 0.0205 e. The molecular formula is C14H21NS. The third-order valence-electron chi connectivity index (χ3n) is 2.14. The second kappa shape index (κ2) is 7.53. The molecule has 0 saturated heterocycles. The number of hydrogen-bond acceptors (Lipinski definition) is 2. The zero-order chi connectivity index (χ0) is 11.8. The van der Waals surface area contributed by atoms with E-state index >= 15 is 0 Å². The van der Waals surface area contributed by atoms with Gasteiger partial charge in [0.25, 0.3) is 0 Å². The van der Waals surface area contributed by atoms with E-state index in [1.165, 1.54) is 22.5 Å². The standard InChI is InChI=1S/C14H21NS/c1-4-8-15-10-13-6-5-7-14(9-13)16-11-12(2)3/h5-7,9,15H,2,4,8,10-11H2,1,3H3. The smallest absolute Gasteiger partial charge is 0.0205 e. The summed E-state index contributed by atoms with van der Waals surface area (Å²) < 4.78 is 0. The fourth-order valence-electron chi connectivity index (χ4n) is 1.36. The van der Waals surface area contributed by atoms with Gasteiger partial charge in [0, 0.05) is 17.2 Å². The number of thioether (sulfide) groups is 1. The molecule has 1 aromatic rings. The molecule has 0 spiro atoms. The number of benzene rings is 1. The Bertz CT molecular complexity index is 333. The van der Waals surface area contributed by atoms with Gasteiger partial charge in [-0.05, 0) is 37.6 Å². The lowest BCUT2D eigenvalue weighted by Gasteiger charge is -2.06. The van der Waals surface area contributed by atoms with Crippen LogP contribution in [0.1, 0.15) is 25.8 Å². The Morgan fingerprint density at radius 1 is 1.44 bits per heavy atom. The van der Waals surface area contributed by atoms with Crippen molar-refractivity contribution < 1.29 is 0 Å². The molecule has 0 aliphatic heterocycles. The third-order valence-corrected chi connectivity index (χ3v) is 3.36. The highest BCUT2D eigenvalue weighted by atomic mass is 32.2. The minimum Gasteiger partial charge on any atom is -0.313 e. The highest BCUT2D eigenvalue weighted by Gasteiger charge is 1.97. The fraction of sp³-hybridized carbons (Fsp3) is 0.429. The lowest BCUT2D eigenvalue weighted by Crippen LogP contribution is -2.13. The van der Waals surface area contributed by atoms with Crippen LogP contribution in [0.5, 0.6) is 0 Å². The van der Waals surface area contributed by atoms with Crippen LogP contribution < -0.4 is 5.32 Å². The van der Waals surface area contributed by atoms with Crippen LogP contribution in [0.25, 0.3) is 0 Å². The van der Waals surface area contributed by atoms with Crippen molar-refractivity contribution >= 4 is 11.8 Å². The first-order valence-corrected chi connectivity index (χ1v) is 6.77. The van der Waals surface area contributed by atoms with Crippen LogP contribution in [0.3, 0.4) is 0 Å². The minimum atomic E-state index is 0.968. The van der Waals surface area contributed by atoms with Gasteiger partial charge in [-0.2, -0.15) is 0 Å². The van der Waals surface area contributed by atoms with Crippen LogP contribution >= 0.6 is 11.8 Å². The molecule has 0 fully saturated rings. The first-order valence-electron chi connectivity index (χ1n) is 5.79. The molecule has 0 amide bonds. The molecule has 16 heavy (non-hydrogen) atoms. The molecule has 1 nitrogen and oxygen atoms in total. The van der Waals surface area contributed by atoms with E-state index in [0.29, 0.717) is 0 Å². The Labute approximate surface area is 103 Å².